The third-order valence-electron chi connectivity index (χ3n) is 5.15. The van der Waals surface area contributed by atoms with Crippen molar-refractivity contribution in [3.05, 3.63) is 71.3 Å². The van der Waals surface area contributed by atoms with E-state index in [1.807, 2.05) is 35.2 Å². The fourth-order valence-electron chi connectivity index (χ4n) is 3.61. The van der Waals surface area contributed by atoms with Crippen LogP contribution >= 0.6 is 0 Å². The number of hydrogen-bond acceptors (Lipinski definition) is 3. The van der Waals surface area contributed by atoms with Crippen LogP contribution in [0.4, 0.5) is 5.82 Å². The van der Waals surface area contributed by atoms with Crippen LogP contribution in [-0.2, 0) is 0 Å². The molecular weight excluding hydrogens is 322 g/mol. The molecule has 1 fully saturated rings. The van der Waals surface area contributed by atoms with E-state index in [2.05, 4.69) is 43.0 Å². The van der Waals surface area contributed by atoms with Crippen molar-refractivity contribution < 1.29 is 4.79 Å². The Morgan fingerprint density at radius 2 is 1.62 bits per heavy atom. The molecule has 0 saturated carbocycles. The van der Waals surface area contributed by atoms with Crippen LogP contribution in [0, 0.1) is 13.8 Å². The van der Waals surface area contributed by atoms with E-state index in [-0.39, 0.29) is 5.91 Å². The van der Waals surface area contributed by atoms with Crippen LogP contribution in [0.25, 0.3) is 10.9 Å². The number of piperazine rings is 1. The molecule has 1 saturated heterocycles. The Labute approximate surface area is 154 Å². The fourth-order valence-corrected chi connectivity index (χ4v) is 3.61. The normalized spacial score (nSPS) is 14.7. The van der Waals surface area contributed by atoms with Gasteiger partial charge in [-0.05, 0) is 43.2 Å². The third kappa shape index (κ3) is 3.03. The van der Waals surface area contributed by atoms with Crippen LogP contribution in [0.2, 0.25) is 0 Å². The highest BCUT2D eigenvalue weighted by molar-refractivity contribution is 5.94. The van der Waals surface area contributed by atoms with Gasteiger partial charge in [-0.3, -0.25) is 4.79 Å². The first kappa shape index (κ1) is 16.6. The lowest BCUT2D eigenvalue weighted by atomic mass is 10.1. The maximum atomic E-state index is 12.6. The average Bonchev–Trinajstić information content (AvgIpc) is 2.69. The highest BCUT2D eigenvalue weighted by Gasteiger charge is 2.23. The summed E-state index contributed by atoms with van der Waals surface area (Å²) in [6, 6.07) is 18.0. The molecule has 3 aromatic rings. The summed E-state index contributed by atoms with van der Waals surface area (Å²) in [6.45, 7) is 7.31. The minimum Gasteiger partial charge on any atom is -0.353 e. The summed E-state index contributed by atoms with van der Waals surface area (Å²) < 4.78 is 0. The molecule has 26 heavy (non-hydrogen) atoms. The summed E-state index contributed by atoms with van der Waals surface area (Å²) >= 11 is 0. The molecule has 4 rings (SSSR count). The van der Waals surface area contributed by atoms with Gasteiger partial charge >= 0.3 is 0 Å². The van der Waals surface area contributed by atoms with Gasteiger partial charge in [0.05, 0.1) is 5.52 Å². The molecule has 1 amide bonds. The first-order chi connectivity index (χ1) is 12.6. The van der Waals surface area contributed by atoms with Gasteiger partial charge in [0.25, 0.3) is 5.91 Å². The summed E-state index contributed by atoms with van der Waals surface area (Å²) in [4.78, 5) is 21.7. The van der Waals surface area contributed by atoms with Crippen LogP contribution in [-0.4, -0.2) is 42.0 Å². The van der Waals surface area contributed by atoms with E-state index in [9.17, 15) is 4.79 Å². The molecular formula is C22H23N3O. The lowest BCUT2D eigenvalue weighted by Crippen LogP contribution is -2.49. The summed E-state index contributed by atoms with van der Waals surface area (Å²) in [5.41, 5.74) is 4.28. The Hall–Kier alpha value is -2.88. The van der Waals surface area contributed by atoms with Gasteiger partial charge in [0.2, 0.25) is 0 Å². The zero-order chi connectivity index (χ0) is 18.1. The topological polar surface area (TPSA) is 36.4 Å². The van der Waals surface area contributed by atoms with Crippen molar-refractivity contribution in [2.24, 2.45) is 0 Å². The van der Waals surface area contributed by atoms with E-state index in [1.54, 1.807) is 0 Å². The van der Waals surface area contributed by atoms with Crippen molar-refractivity contribution in [3.63, 3.8) is 0 Å². The Morgan fingerprint density at radius 1 is 0.885 bits per heavy atom. The SMILES string of the molecule is Cc1cc(N2CCN(C(=O)c3ccccc3)CC2)nc2c(C)cccc12. The van der Waals surface area contributed by atoms with Gasteiger partial charge < -0.3 is 9.80 Å². The number of pyridine rings is 1. The number of rotatable bonds is 2. The molecule has 132 valence electrons. The minimum absolute atomic E-state index is 0.115. The number of amides is 1. The highest BCUT2D eigenvalue weighted by Crippen LogP contribution is 2.25. The van der Waals surface area contributed by atoms with Gasteiger partial charge in [-0.2, -0.15) is 0 Å². The Bertz CT molecular complexity index is 944. The monoisotopic (exact) mass is 345 g/mol. The number of anilines is 1. The lowest BCUT2D eigenvalue weighted by Gasteiger charge is -2.35. The van der Waals surface area contributed by atoms with Crippen molar-refractivity contribution in [2.75, 3.05) is 31.1 Å². The van der Waals surface area contributed by atoms with E-state index >= 15 is 0 Å². The quantitative estimate of drug-likeness (QED) is 0.708. The zero-order valence-corrected chi connectivity index (χ0v) is 15.3. The zero-order valence-electron chi connectivity index (χ0n) is 15.3. The third-order valence-corrected chi connectivity index (χ3v) is 5.15. The van der Waals surface area contributed by atoms with Crippen LogP contribution in [0.1, 0.15) is 21.5 Å². The molecule has 2 heterocycles. The van der Waals surface area contributed by atoms with Crippen molar-refractivity contribution >= 4 is 22.6 Å². The van der Waals surface area contributed by atoms with Gasteiger partial charge in [-0.15, -0.1) is 0 Å². The van der Waals surface area contributed by atoms with E-state index < -0.39 is 0 Å². The number of para-hydroxylation sites is 1. The minimum atomic E-state index is 0.115. The molecule has 0 atom stereocenters. The van der Waals surface area contributed by atoms with Crippen LogP contribution in [0.15, 0.2) is 54.6 Å². The fraction of sp³-hybridized carbons (Fsp3) is 0.273. The second-order valence-electron chi connectivity index (χ2n) is 6.91. The molecule has 4 heteroatoms. The predicted octanol–water partition coefficient (Wildman–Crippen LogP) is 3.81. The molecule has 0 N–H and O–H groups in total. The Balaban J connectivity index is 1.52. The highest BCUT2D eigenvalue weighted by atomic mass is 16.2. The second-order valence-corrected chi connectivity index (χ2v) is 6.91. The van der Waals surface area contributed by atoms with Crippen LogP contribution < -0.4 is 4.90 Å². The Morgan fingerprint density at radius 3 is 2.35 bits per heavy atom. The van der Waals surface area contributed by atoms with E-state index in [1.165, 1.54) is 16.5 Å². The van der Waals surface area contributed by atoms with E-state index in [0.717, 1.165) is 43.1 Å². The average molecular weight is 345 g/mol. The molecule has 0 aliphatic carbocycles. The van der Waals surface area contributed by atoms with Crippen LogP contribution in [0.3, 0.4) is 0 Å². The summed E-state index contributed by atoms with van der Waals surface area (Å²) in [5, 5.41) is 1.21. The molecule has 0 bridgehead atoms. The first-order valence-electron chi connectivity index (χ1n) is 9.10. The number of hydrogen-bond donors (Lipinski definition) is 0. The first-order valence-corrected chi connectivity index (χ1v) is 9.10. The maximum absolute atomic E-state index is 12.6. The lowest BCUT2D eigenvalue weighted by molar-refractivity contribution is 0.0746. The molecule has 0 radical (unpaired) electrons. The standard InChI is InChI=1S/C22H23N3O/c1-16-7-6-10-19-17(2)15-20(23-21(16)19)24-11-13-25(14-12-24)22(26)18-8-4-3-5-9-18/h3-10,15H,11-14H2,1-2H3. The Kier molecular flexibility index (Phi) is 4.33. The predicted molar refractivity (Wildman–Crippen MR) is 106 cm³/mol. The summed E-state index contributed by atoms with van der Waals surface area (Å²) in [5.74, 6) is 1.12. The largest absolute Gasteiger partial charge is 0.353 e. The van der Waals surface area contributed by atoms with Gasteiger partial charge in [0.1, 0.15) is 5.82 Å². The molecule has 1 aliphatic heterocycles. The van der Waals surface area contributed by atoms with Crippen molar-refractivity contribution in [1.29, 1.82) is 0 Å². The molecule has 2 aromatic carbocycles. The maximum Gasteiger partial charge on any atom is 0.253 e. The number of carbonyl (C=O) groups is 1. The second kappa shape index (κ2) is 6.79. The number of nitrogens with zero attached hydrogens (tertiary/aromatic N) is 3. The van der Waals surface area contributed by atoms with Gasteiger partial charge in [0.15, 0.2) is 0 Å². The smallest absolute Gasteiger partial charge is 0.253 e. The van der Waals surface area contributed by atoms with Gasteiger partial charge in [0, 0.05) is 37.1 Å². The van der Waals surface area contributed by atoms with Gasteiger partial charge in [-0.25, -0.2) is 4.98 Å². The number of benzene rings is 2. The number of fused-ring (bicyclic) bond motifs is 1. The summed E-state index contributed by atoms with van der Waals surface area (Å²) in [7, 11) is 0. The molecule has 0 unspecified atom stereocenters. The van der Waals surface area contributed by atoms with Crippen molar-refractivity contribution in [3.8, 4) is 0 Å². The van der Waals surface area contributed by atoms with Gasteiger partial charge in [-0.1, -0.05) is 36.4 Å². The molecule has 1 aromatic heterocycles. The molecule has 0 spiro atoms. The summed E-state index contributed by atoms with van der Waals surface area (Å²) in [6.07, 6.45) is 0. The van der Waals surface area contributed by atoms with Crippen molar-refractivity contribution in [2.45, 2.75) is 13.8 Å². The number of aryl methyl sites for hydroxylation is 2. The molecule has 1 aliphatic rings. The van der Waals surface area contributed by atoms with E-state index in [4.69, 9.17) is 4.98 Å². The number of aromatic nitrogens is 1. The van der Waals surface area contributed by atoms with Crippen molar-refractivity contribution in [1.82, 2.24) is 9.88 Å². The number of carbonyl (C=O) groups excluding carboxylic acids is 1. The molecule has 4 nitrogen and oxygen atoms in total. The van der Waals surface area contributed by atoms with Crippen LogP contribution in [0.5, 0.6) is 0 Å². The van der Waals surface area contributed by atoms with E-state index in [0.29, 0.717) is 0 Å².